The summed E-state index contributed by atoms with van der Waals surface area (Å²) in [4.78, 5) is 25.8. The summed E-state index contributed by atoms with van der Waals surface area (Å²) in [5.41, 5.74) is 0. The average molecular weight is 244 g/mol. The molecule has 0 spiro atoms. The van der Waals surface area contributed by atoms with Crippen LogP contribution >= 0.6 is 0 Å². The molecule has 0 aromatic rings. The lowest BCUT2D eigenvalue weighted by Crippen LogP contribution is -2.48. The number of morpholine rings is 1. The summed E-state index contributed by atoms with van der Waals surface area (Å²) in [7, 11) is 1.75. The molecule has 0 bridgehead atoms. The van der Waals surface area contributed by atoms with Crippen LogP contribution in [0.2, 0.25) is 0 Å². The van der Waals surface area contributed by atoms with E-state index in [1.807, 2.05) is 6.92 Å². The van der Waals surface area contributed by atoms with E-state index in [-0.39, 0.29) is 25.0 Å². The lowest BCUT2D eigenvalue weighted by Gasteiger charge is -2.32. The Balaban J connectivity index is 2.29. The smallest absolute Gasteiger partial charge is 0.304 e. The Labute approximate surface area is 101 Å². The van der Waals surface area contributed by atoms with E-state index in [9.17, 15) is 9.59 Å². The molecule has 0 saturated carbocycles. The Bertz CT molecular complexity index is 283. The Morgan fingerprint density at radius 2 is 2.24 bits per heavy atom. The molecule has 1 aliphatic heterocycles. The van der Waals surface area contributed by atoms with Gasteiger partial charge < -0.3 is 14.7 Å². The first-order chi connectivity index (χ1) is 7.99. The zero-order valence-electron chi connectivity index (χ0n) is 10.4. The number of carbonyl (C=O) groups is 2. The van der Waals surface area contributed by atoms with Crippen LogP contribution in [-0.4, -0.2) is 72.7 Å². The largest absolute Gasteiger partial charge is 0.481 e. The van der Waals surface area contributed by atoms with Crippen LogP contribution in [0.15, 0.2) is 0 Å². The molecule has 1 atom stereocenters. The molecule has 1 aliphatic rings. The van der Waals surface area contributed by atoms with Gasteiger partial charge in [0, 0.05) is 19.6 Å². The summed E-state index contributed by atoms with van der Waals surface area (Å²) in [6.45, 7) is 4.40. The van der Waals surface area contributed by atoms with Crippen molar-refractivity contribution in [2.24, 2.45) is 0 Å². The van der Waals surface area contributed by atoms with Gasteiger partial charge in [0.15, 0.2) is 0 Å². The predicted molar refractivity (Wildman–Crippen MR) is 61.7 cm³/mol. The number of amides is 1. The van der Waals surface area contributed by atoms with E-state index in [1.165, 1.54) is 0 Å². The zero-order valence-corrected chi connectivity index (χ0v) is 10.4. The fourth-order valence-electron chi connectivity index (χ4n) is 1.74. The van der Waals surface area contributed by atoms with Crippen LogP contribution in [-0.2, 0) is 14.3 Å². The van der Waals surface area contributed by atoms with Gasteiger partial charge in [0.05, 0.1) is 25.7 Å². The second-order valence-electron chi connectivity index (χ2n) is 4.40. The number of hydrogen-bond donors (Lipinski definition) is 1. The molecule has 1 amide bonds. The second kappa shape index (κ2) is 6.56. The molecular formula is C11H20N2O4. The molecule has 1 rings (SSSR count). The van der Waals surface area contributed by atoms with Crippen LogP contribution in [0.25, 0.3) is 0 Å². The number of likely N-dealkylation sites (N-methyl/N-ethyl adjacent to an activating group) is 1. The summed E-state index contributed by atoms with van der Waals surface area (Å²) >= 11 is 0. The molecule has 6 nitrogen and oxygen atoms in total. The first-order valence-corrected chi connectivity index (χ1v) is 5.78. The molecule has 6 heteroatoms. The SMILES string of the molecule is CC1CN(C(=O)CN(C)CCC(=O)O)CCO1. The van der Waals surface area contributed by atoms with E-state index in [2.05, 4.69) is 0 Å². The van der Waals surface area contributed by atoms with E-state index in [4.69, 9.17) is 9.84 Å². The van der Waals surface area contributed by atoms with E-state index < -0.39 is 5.97 Å². The third-order valence-electron chi connectivity index (χ3n) is 2.71. The standard InChI is InChI=1S/C11H20N2O4/c1-9-7-13(5-6-17-9)10(14)8-12(2)4-3-11(15)16/h9H,3-8H2,1-2H3,(H,15,16). The average Bonchev–Trinajstić information content (AvgIpc) is 2.26. The highest BCUT2D eigenvalue weighted by atomic mass is 16.5. The first-order valence-electron chi connectivity index (χ1n) is 5.78. The molecule has 0 radical (unpaired) electrons. The van der Waals surface area contributed by atoms with Gasteiger partial charge in [-0.2, -0.15) is 0 Å². The van der Waals surface area contributed by atoms with Crippen LogP contribution < -0.4 is 0 Å². The maximum Gasteiger partial charge on any atom is 0.304 e. The molecule has 1 fully saturated rings. The molecule has 98 valence electrons. The minimum absolute atomic E-state index is 0.0352. The molecule has 1 unspecified atom stereocenters. The maximum absolute atomic E-state index is 11.9. The highest BCUT2D eigenvalue weighted by Gasteiger charge is 2.22. The molecule has 0 aromatic carbocycles. The van der Waals surface area contributed by atoms with Crippen molar-refractivity contribution in [2.45, 2.75) is 19.4 Å². The lowest BCUT2D eigenvalue weighted by molar-refractivity contribution is -0.141. The Morgan fingerprint density at radius 3 is 2.82 bits per heavy atom. The topological polar surface area (TPSA) is 70.1 Å². The van der Waals surface area contributed by atoms with Crippen LogP contribution in [0, 0.1) is 0 Å². The van der Waals surface area contributed by atoms with Crippen molar-refractivity contribution in [1.82, 2.24) is 9.80 Å². The Kier molecular flexibility index (Phi) is 5.37. The third kappa shape index (κ3) is 5.14. The molecule has 1 N–H and O–H groups in total. The number of carboxylic acid groups (broad SMARTS) is 1. The van der Waals surface area contributed by atoms with E-state index >= 15 is 0 Å². The fraction of sp³-hybridized carbons (Fsp3) is 0.818. The van der Waals surface area contributed by atoms with Crippen molar-refractivity contribution in [3.8, 4) is 0 Å². The van der Waals surface area contributed by atoms with E-state index in [0.717, 1.165) is 0 Å². The van der Waals surface area contributed by atoms with Gasteiger partial charge in [-0.15, -0.1) is 0 Å². The van der Waals surface area contributed by atoms with Gasteiger partial charge in [-0.3, -0.25) is 14.5 Å². The highest BCUT2D eigenvalue weighted by Crippen LogP contribution is 2.05. The summed E-state index contributed by atoms with van der Waals surface area (Å²) in [5, 5.41) is 8.54. The minimum Gasteiger partial charge on any atom is -0.481 e. The summed E-state index contributed by atoms with van der Waals surface area (Å²) in [6.07, 6.45) is 0.139. The quantitative estimate of drug-likeness (QED) is 0.715. The number of rotatable bonds is 5. The van der Waals surface area contributed by atoms with Gasteiger partial charge >= 0.3 is 5.97 Å². The number of aliphatic carboxylic acids is 1. The second-order valence-corrected chi connectivity index (χ2v) is 4.40. The Morgan fingerprint density at radius 1 is 1.53 bits per heavy atom. The van der Waals surface area contributed by atoms with Gasteiger partial charge in [-0.05, 0) is 14.0 Å². The van der Waals surface area contributed by atoms with Gasteiger partial charge in [-0.1, -0.05) is 0 Å². The number of nitrogens with zero attached hydrogens (tertiary/aromatic N) is 2. The molecule has 17 heavy (non-hydrogen) atoms. The van der Waals surface area contributed by atoms with Crippen molar-refractivity contribution >= 4 is 11.9 Å². The molecule has 1 heterocycles. The van der Waals surface area contributed by atoms with E-state index in [1.54, 1.807) is 16.8 Å². The van der Waals surface area contributed by atoms with Gasteiger partial charge in [0.25, 0.3) is 0 Å². The normalized spacial score (nSPS) is 20.6. The summed E-state index contributed by atoms with van der Waals surface area (Å²) in [5.74, 6) is -0.808. The molecule has 1 saturated heterocycles. The lowest BCUT2D eigenvalue weighted by atomic mass is 10.3. The summed E-state index contributed by atoms with van der Waals surface area (Å²) < 4.78 is 5.36. The van der Waals surface area contributed by atoms with Crippen LogP contribution in [0.1, 0.15) is 13.3 Å². The van der Waals surface area contributed by atoms with Gasteiger partial charge in [0.1, 0.15) is 0 Å². The van der Waals surface area contributed by atoms with Crippen LogP contribution in [0.4, 0.5) is 0 Å². The minimum atomic E-state index is -0.843. The van der Waals surface area contributed by atoms with Crippen molar-refractivity contribution in [2.75, 3.05) is 39.8 Å². The molecule has 0 aromatic heterocycles. The highest BCUT2D eigenvalue weighted by molar-refractivity contribution is 5.78. The maximum atomic E-state index is 11.9. The first kappa shape index (κ1) is 13.9. The molecule has 0 aliphatic carbocycles. The fourth-order valence-corrected chi connectivity index (χ4v) is 1.74. The van der Waals surface area contributed by atoms with Crippen molar-refractivity contribution in [3.05, 3.63) is 0 Å². The van der Waals surface area contributed by atoms with Crippen LogP contribution in [0.5, 0.6) is 0 Å². The molecular weight excluding hydrogens is 224 g/mol. The van der Waals surface area contributed by atoms with E-state index in [0.29, 0.717) is 26.2 Å². The predicted octanol–water partition coefficient (Wildman–Crippen LogP) is -0.360. The number of hydrogen-bond acceptors (Lipinski definition) is 4. The van der Waals surface area contributed by atoms with Gasteiger partial charge in [-0.25, -0.2) is 0 Å². The third-order valence-corrected chi connectivity index (χ3v) is 2.71. The zero-order chi connectivity index (χ0) is 12.8. The number of ether oxygens (including phenoxy) is 1. The number of carbonyl (C=O) groups excluding carboxylic acids is 1. The van der Waals surface area contributed by atoms with Gasteiger partial charge in [0.2, 0.25) is 5.91 Å². The summed E-state index contributed by atoms with van der Waals surface area (Å²) in [6, 6.07) is 0. The van der Waals surface area contributed by atoms with Crippen molar-refractivity contribution < 1.29 is 19.4 Å². The Hall–Kier alpha value is -1.14. The number of carboxylic acids is 1. The van der Waals surface area contributed by atoms with Crippen molar-refractivity contribution in [1.29, 1.82) is 0 Å². The van der Waals surface area contributed by atoms with Crippen LogP contribution in [0.3, 0.4) is 0 Å². The van der Waals surface area contributed by atoms with Crippen molar-refractivity contribution in [3.63, 3.8) is 0 Å². The monoisotopic (exact) mass is 244 g/mol.